The molecule has 7 heteroatoms. The average molecular weight is 415 g/mol. The zero-order valence-corrected chi connectivity index (χ0v) is 18.1. The molecule has 0 bridgehead atoms. The minimum absolute atomic E-state index is 0.0372. The van der Waals surface area contributed by atoms with Crippen molar-refractivity contribution in [3.8, 4) is 5.75 Å². The number of nitrogens with zero attached hydrogens (tertiary/aromatic N) is 1. The summed E-state index contributed by atoms with van der Waals surface area (Å²) < 4.78 is 19.6. The Morgan fingerprint density at radius 2 is 1.83 bits per heavy atom. The Hall–Kier alpha value is -3.09. The molecule has 0 radical (unpaired) electrons. The van der Waals surface area contributed by atoms with Crippen LogP contribution >= 0.6 is 0 Å². The zero-order valence-electron chi connectivity index (χ0n) is 18.1. The second-order valence-electron chi connectivity index (χ2n) is 7.14. The molecule has 162 valence electrons. The van der Waals surface area contributed by atoms with Gasteiger partial charge in [0.05, 0.1) is 18.2 Å². The third kappa shape index (κ3) is 7.39. The molecule has 0 aliphatic carbocycles. The van der Waals surface area contributed by atoms with Crippen molar-refractivity contribution in [3.63, 3.8) is 0 Å². The van der Waals surface area contributed by atoms with Gasteiger partial charge in [-0.15, -0.1) is 0 Å². The molecule has 2 rings (SSSR count). The second-order valence-corrected chi connectivity index (χ2v) is 7.14. The van der Waals surface area contributed by atoms with Gasteiger partial charge in [0.2, 0.25) is 0 Å². The van der Waals surface area contributed by atoms with E-state index in [1.807, 2.05) is 45.9 Å². The number of aliphatic imine (C=N–C) groups is 1. The van der Waals surface area contributed by atoms with Gasteiger partial charge in [-0.05, 0) is 51.5 Å². The molecular formula is C23H31FN4O2. The van der Waals surface area contributed by atoms with Gasteiger partial charge in [-0.1, -0.05) is 24.3 Å². The normalized spacial score (nSPS) is 11.3. The number of amides is 1. The predicted octanol–water partition coefficient (Wildman–Crippen LogP) is 3.41. The van der Waals surface area contributed by atoms with Crippen molar-refractivity contribution in [2.45, 2.75) is 40.3 Å². The summed E-state index contributed by atoms with van der Waals surface area (Å²) in [6.07, 6.45) is 0.0824. The maximum absolute atomic E-state index is 13.7. The number of halogens is 1. The maximum atomic E-state index is 13.7. The van der Waals surface area contributed by atoms with Gasteiger partial charge in [-0.2, -0.15) is 0 Å². The Morgan fingerprint density at radius 3 is 2.53 bits per heavy atom. The first-order valence-corrected chi connectivity index (χ1v) is 10.2. The summed E-state index contributed by atoms with van der Waals surface area (Å²) in [5, 5.41) is 9.06. The molecular weight excluding hydrogens is 383 g/mol. The number of nitrogens with one attached hydrogen (secondary N) is 3. The third-order valence-corrected chi connectivity index (χ3v) is 4.16. The molecule has 1 amide bonds. The largest absolute Gasteiger partial charge is 0.491 e. The van der Waals surface area contributed by atoms with Crippen molar-refractivity contribution in [2.24, 2.45) is 4.99 Å². The molecule has 0 saturated heterocycles. The molecule has 0 heterocycles. The first kappa shape index (κ1) is 23.2. The van der Waals surface area contributed by atoms with Crippen molar-refractivity contribution in [2.75, 3.05) is 19.6 Å². The maximum Gasteiger partial charge on any atom is 0.254 e. The fraction of sp³-hybridized carbons (Fsp3) is 0.391. The van der Waals surface area contributed by atoms with Crippen LogP contribution in [0.4, 0.5) is 4.39 Å². The van der Waals surface area contributed by atoms with Crippen molar-refractivity contribution in [1.82, 2.24) is 16.0 Å². The quantitative estimate of drug-likeness (QED) is 0.334. The van der Waals surface area contributed by atoms with Crippen LogP contribution in [0, 0.1) is 12.7 Å². The number of benzene rings is 2. The van der Waals surface area contributed by atoms with Crippen LogP contribution in [0.5, 0.6) is 5.75 Å². The van der Waals surface area contributed by atoms with E-state index in [9.17, 15) is 9.18 Å². The third-order valence-electron chi connectivity index (χ3n) is 4.16. The molecule has 6 nitrogen and oxygen atoms in total. The number of carbonyl (C=O) groups excluding carboxylic acids is 1. The SMILES string of the molecule is CCNC(=NCc1ccc(C)cc1OC(C)C)NCCNC(=O)c1ccccc1F. The summed E-state index contributed by atoms with van der Waals surface area (Å²) in [7, 11) is 0. The molecule has 0 atom stereocenters. The Labute approximate surface area is 177 Å². The van der Waals surface area contributed by atoms with Gasteiger partial charge >= 0.3 is 0 Å². The second kappa shape index (κ2) is 11.8. The van der Waals surface area contributed by atoms with Crippen molar-refractivity contribution in [3.05, 3.63) is 65.0 Å². The Morgan fingerprint density at radius 1 is 1.10 bits per heavy atom. The number of ether oxygens (including phenoxy) is 1. The molecule has 0 aliphatic rings. The van der Waals surface area contributed by atoms with E-state index in [0.717, 1.165) is 16.9 Å². The van der Waals surface area contributed by atoms with Crippen molar-refractivity contribution < 1.29 is 13.9 Å². The number of carbonyl (C=O) groups is 1. The summed E-state index contributed by atoms with van der Waals surface area (Å²) in [5.41, 5.74) is 2.17. The molecule has 30 heavy (non-hydrogen) atoms. The van der Waals surface area contributed by atoms with Crippen LogP contribution in [0.3, 0.4) is 0 Å². The monoisotopic (exact) mass is 414 g/mol. The van der Waals surface area contributed by atoms with E-state index in [2.05, 4.69) is 20.9 Å². The lowest BCUT2D eigenvalue weighted by atomic mass is 10.1. The first-order chi connectivity index (χ1) is 14.4. The van der Waals surface area contributed by atoms with Crippen LogP contribution in [0.1, 0.15) is 42.3 Å². The topological polar surface area (TPSA) is 74.8 Å². The molecule has 0 saturated carbocycles. The Kier molecular flexibility index (Phi) is 9.12. The van der Waals surface area contributed by atoms with E-state index in [1.54, 1.807) is 12.1 Å². The van der Waals surface area contributed by atoms with E-state index in [-0.39, 0.29) is 11.7 Å². The van der Waals surface area contributed by atoms with Crippen LogP contribution < -0.4 is 20.7 Å². The summed E-state index contributed by atoms with van der Waals surface area (Å²) in [6.45, 7) is 9.96. The highest BCUT2D eigenvalue weighted by Crippen LogP contribution is 2.22. The fourth-order valence-electron chi connectivity index (χ4n) is 2.76. The molecule has 0 spiro atoms. The predicted molar refractivity (Wildman–Crippen MR) is 118 cm³/mol. The van der Waals surface area contributed by atoms with Crippen molar-refractivity contribution in [1.29, 1.82) is 0 Å². The molecule has 2 aromatic rings. The number of guanidine groups is 1. The highest BCUT2D eigenvalue weighted by Gasteiger charge is 2.10. The highest BCUT2D eigenvalue weighted by atomic mass is 19.1. The molecule has 0 aromatic heterocycles. The molecule has 0 fully saturated rings. The van der Waals surface area contributed by atoms with Gasteiger partial charge < -0.3 is 20.7 Å². The average Bonchev–Trinajstić information content (AvgIpc) is 2.70. The van der Waals surface area contributed by atoms with Crippen LogP contribution in [0.2, 0.25) is 0 Å². The van der Waals surface area contributed by atoms with E-state index in [0.29, 0.717) is 32.1 Å². The summed E-state index contributed by atoms with van der Waals surface area (Å²) in [5.74, 6) is 0.498. The lowest BCUT2D eigenvalue weighted by molar-refractivity contribution is 0.0950. The summed E-state index contributed by atoms with van der Waals surface area (Å²) in [4.78, 5) is 16.7. The molecule has 0 unspecified atom stereocenters. The van der Waals surface area contributed by atoms with Gasteiger partial charge in [-0.25, -0.2) is 9.38 Å². The fourth-order valence-corrected chi connectivity index (χ4v) is 2.76. The van der Waals surface area contributed by atoms with Crippen molar-refractivity contribution >= 4 is 11.9 Å². The van der Waals surface area contributed by atoms with Crippen LogP contribution in [0.25, 0.3) is 0 Å². The summed E-state index contributed by atoms with van der Waals surface area (Å²) >= 11 is 0. The Bertz CT molecular complexity index is 868. The van der Waals surface area contributed by atoms with Gasteiger partial charge in [-0.3, -0.25) is 4.79 Å². The highest BCUT2D eigenvalue weighted by molar-refractivity contribution is 5.94. The Balaban J connectivity index is 1.92. The lowest BCUT2D eigenvalue weighted by Crippen LogP contribution is -2.41. The van der Waals surface area contributed by atoms with Crippen LogP contribution in [-0.2, 0) is 6.54 Å². The number of hydrogen-bond donors (Lipinski definition) is 3. The lowest BCUT2D eigenvalue weighted by Gasteiger charge is -2.15. The minimum atomic E-state index is -0.532. The van der Waals surface area contributed by atoms with E-state index in [1.165, 1.54) is 12.1 Å². The molecule has 0 aliphatic heterocycles. The standard InChI is InChI=1S/C23H31FN4O2/c1-5-25-23(27-13-12-26-22(29)19-8-6-7-9-20(19)24)28-15-18-11-10-17(4)14-21(18)30-16(2)3/h6-11,14,16H,5,12-13,15H2,1-4H3,(H,26,29)(H2,25,27,28). The van der Waals surface area contributed by atoms with Crippen LogP contribution in [0.15, 0.2) is 47.5 Å². The molecule has 3 N–H and O–H groups in total. The van der Waals surface area contributed by atoms with Crippen LogP contribution in [-0.4, -0.2) is 37.6 Å². The molecule has 2 aromatic carbocycles. The van der Waals surface area contributed by atoms with E-state index < -0.39 is 11.7 Å². The number of aryl methyl sites for hydroxylation is 1. The van der Waals surface area contributed by atoms with E-state index in [4.69, 9.17) is 4.74 Å². The van der Waals surface area contributed by atoms with Gasteiger partial charge in [0.1, 0.15) is 11.6 Å². The zero-order chi connectivity index (χ0) is 21.9. The van der Waals surface area contributed by atoms with Gasteiger partial charge in [0.25, 0.3) is 5.91 Å². The number of hydrogen-bond acceptors (Lipinski definition) is 3. The van der Waals surface area contributed by atoms with Gasteiger partial charge in [0, 0.05) is 25.2 Å². The number of rotatable bonds is 9. The smallest absolute Gasteiger partial charge is 0.254 e. The first-order valence-electron chi connectivity index (χ1n) is 10.2. The van der Waals surface area contributed by atoms with Gasteiger partial charge in [0.15, 0.2) is 5.96 Å². The minimum Gasteiger partial charge on any atom is -0.491 e. The van der Waals surface area contributed by atoms with E-state index >= 15 is 0 Å². The summed E-state index contributed by atoms with van der Waals surface area (Å²) in [6, 6.07) is 12.0.